The normalized spacial score (nSPS) is 11.7. The van der Waals surface area contributed by atoms with E-state index in [0.29, 0.717) is 5.02 Å². The van der Waals surface area contributed by atoms with Gasteiger partial charge in [-0.05, 0) is 19.9 Å². The third-order valence-electron chi connectivity index (χ3n) is 2.18. The number of carboxylic acid groups (broad SMARTS) is 1. The molecule has 0 bridgehead atoms. The third kappa shape index (κ3) is 4.07. The second kappa shape index (κ2) is 5.68. The van der Waals surface area contributed by atoms with Crippen LogP contribution in [0, 0.1) is 5.41 Å². The molecule has 1 rings (SSSR count). The average Bonchev–Trinajstić information content (AvgIpc) is 2.26. The summed E-state index contributed by atoms with van der Waals surface area (Å²) in [7, 11) is 0. The molecule has 0 spiro atoms. The number of halogens is 1. The van der Waals surface area contributed by atoms with Crippen LogP contribution in [0.15, 0.2) is 29.4 Å². The number of nitrogens with zero attached hydrogens (tertiary/aromatic N) is 1. The van der Waals surface area contributed by atoms with Crippen LogP contribution >= 0.6 is 11.6 Å². The van der Waals surface area contributed by atoms with Crippen molar-refractivity contribution in [2.24, 2.45) is 10.6 Å². The van der Waals surface area contributed by atoms with E-state index in [4.69, 9.17) is 21.5 Å². The zero-order valence-electron chi connectivity index (χ0n) is 9.68. The van der Waals surface area contributed by atoms with Crippen molar-refractivity contribution < 1.29 is 14.7 Å². The quantitative estimate of drug-likeness (QED) is 0.650. The van der Waals surface area contributed by atoms with Crippen LogP contribution in [-0.2, 0) is 9.63 Å². The van der Waals surface area contributed by atoms with Gasteiger partial charge in [0, 0.05) is 10.6 Å². The first-order valence-corrected chi connectivity index (χ1v) is 5.44. The molecular formula is C12H14ClNO3. The zero-order valence-corrected chi connectivity index (χ0v) is 10.4. The molecule has 0 heterocycles. The predicted octanol–water partition coefficient (Wildman–Crippen LogP) is 2.80. The maximum Gasteiger partial charge on any atom is 0.312 e. The fraction of sp³-hybridized carbons (Fsp3) is 0.333. The number of carbonyl (C=O) groups is 1. The first-order chi connectivity index (χ1) is 7.93. The van der Waals surface area contributed by atoms with Gasteiger partial charge in [0.05, 0.1) is 11.6 Å². The minimum Gasteiger partial charge on any atom is -0.481 e. The summed E-state index contributed by atoms with van der Waals surface area (Å²) in [5, 5.41) is 13.1. The summed E-state index contributed by atoms with van der Waals surface area (Å²) in [5.41, 5.74) is -0.236. The van der Waals surface area contributed by atoms with Crippen LogP contribution in [0.4, 0.5) is 0 Å². The van der Waals surface area contributed by atoms with E-state index in [1.807, 2.05) is 12.1 Å². The number of hydrogen-bond donors (Lipinski definition) is 1. The summed E-state index contributed by atoms with van der Waals surface area (Å²) in [6.45, 7) is 3.14. The molecule has 0 saturated heterocycles. The van der Waals surface area contributed by atoms with E-state index in [2.05, 4.69) is 5.16 Å². The lowest BCUT2D eigenvalue weighted by Gasteiger charge is -2.16. The molecule has 0 unspecified atom stereocenters. The Morgan fingerprint density at radius 2 is 2.18 bits per heavy atom. The van der Waals surface area contributed by atoms with Gasteiger partial charge >= 0.3 is 5.97 Å². The lowest BCUT2D eigenvalue weighted by Crippen LogP contribution is -2.28. The summed E-state index contributed by atoms with van der Waals surface area (Å²) >= 11 is 5.90. The largest absolute Gasteiger partial charge is 0.481 e. The van der Waals surface area contributed by atoms with Gasteiger partial charge in [0.1, 0.15) is 6.61 Å². The van der Waals surface area contributed by atoms with E-state index in [-0.39, 0.29) is 6.61 Å². The van der Waals surface area contributed by atoms with Crippen molar-refractivity contribution in [1.82, 2.24) is 0 Å². The van der Waals surface area contributed by atoms with Gasteiger partial charge in [0.2, 0.25) is 0 Å². The van der Waals surface area contributed by atoms with E-state index < -0.39 is 11.4 Å². The van der Waals surface area contributed by atoms with Crippen LogP contribution in [0.3, 0.4) is 0 Å². The predicted molar refractivity (Wildman–Crippen MR) is 66.4 cm³/mol. The van der Waals surface area contributed by atoms with Gasteiger partial charge in [0.25, 0.3) is 0 Å². The topological polar surface area (TPSA) is 58.9 Å². The standard InChI is InChI=1S/C12H14ClNO3/c1-12(2,11(15)16)8-17-14-7-9-5-3-4-6-10(9)13/h3-7H,8H2,1-2H3,(H,15,16)/b14-7+. The van der Waals surface area contributed by atoms with Crippen molar-refractivity contribution in [3.63, 3.8) is 0 Å². The van der Waals surface area contributed by atoms with E-state index >= 15 is 0 Å². The smallest absolute Gasteiger partial charge is 0.312 e. The SMILES string of the molecule is CC(C)(CO/N=C/c1ccccc1Cl)C(=O)O. The Hall–Kier alpha value is -1.55. The van der Waals surface area contributed by atoms with Crippen LogP contribution < -0.4 is 0 Å². The molecule has 0 atom stereocenters. The molecule has 0 amide bonds. The number of aliphatic carboxylic acids is 1. The highest BCUT2D eigenvalue weighted by atomic mass is 35.5. The van der Waals surface area contributed by atoms with Crippen molar-refractivity contribution in [2.75, 3.05) is 6.61 Å². The highest BCUT2D eigenvalue weighted by Gasteiger charge is 2.28. The highest BCUT2D eigenvalue weighted by molar-refractivity contribution is 6.33. The van der Waals surface area contributed by atoms with Crippen LogP contribution in [0.1, 0.15) is 19.4 Å². The number of hydrogen-bond acceptors (Lipinski definition) is 3. The molecule has 4 nitrogen and oxygen atoms in total. The molecule has 1 aromatic carbocycles. The molecule has 0 aliphatic rings. The van der Waals surface area contributed by atoms with Crippen LogP contribution in [0.25, 0.3) is 0 Å². The van der Waals surface area contributed by atoms with E-state index in [9.17, 15) is 4.79 Å². The van der Waals surface area contributed by atoms with Crippen molar-refractivity contribution in [2.45, 2.75) is 13.8 Å². The number of rotatable bonds is 5. The molecule has 0 aromatic heterocycles. The minimum atomic E-state index is -0.960. The molecule has 1 N–H and O–H groups in total. The molecule has 0 aliphatic carbocycles. The summed E-state index contributed by atoms with van der Waals surface area (Å²) in [6, 6.07) is 7.17. The fourth-order valence-corrected chi connectivity index (χ4v) is 1.12. The number of oxime groups is 1. The lowest BCUT2D eigenvalue weighted by molar-refractivity contribution is -0.150. The first-order valence-electron chi connectivity index (χ1n) is 5.07. The van der Waals surface area contributed by atoms with Gasteiger partial charge in [-0.25, -0.2) is 0 Å². The molecular weight excluding hydrogens is 242 g/mol. The van der Waals surface area contributed by atoms with Gasteiger partial charge in [-0.2, -0.15) is 0 Å². The van der Waals surface area contributed by atoms with E-state index in [1.165, 1.54) is 6.21 Å². The molecule has 92 valence electrons. The maximum atomic E-state index is 10.8. The minimum absolute atomic E-state index is 0.00326. The summed E-state index contributed by atoms with van der Waals surface area (Å²) in [6.07, 6.45) is 1.46. The molecule has 0 radical (unpaired) electrons. The van der Waals surface area contributed by atoms with Gasteiger partial charge in [-0.3, -0.25) is 4.79 Å². The second-order valence-electron chi connectivity index (χ2n) is 4.22. The van der Waals surface area contributed by atoms with Crippen molar-refractivity contribution >= 4 is 23.8 Å². The fourth-order valence-electron chi connectivity index (χ4n) is 0.934. The maximum absolute atomic E-state index is 10.8. The molecule has 0 saturated carbocycles. The Kier molecular flexibility index (Phi) is 4.52. The second-order valence-corrected chi connectivity index (χ2v) is 4.63. The van der Waals surface area contributed by atoms with Gasteiger partial charge < -0.3 is 9.94 Å². The molecule has 0 fully saturated rings. The lowest BCUT2D eigenvalue weighted by atomic mass is 9.96. The number of carboxylic acids is 1. The van der Waals surface area contributed by atoms with Gasteiger partial charge in [-0.1, -0.05) is 35.0 Å². The molecule has 0 aliphatic heterocycles. The highest BCUT2D eigenvalue weighted by Crippen LogP contribution is 2.16. The Bertz CT molecular complexity index is 430. The average molecular weight is 256 g/mol. The Balaban J connectivity index is 2.52. The summed E-state index contributed by atoms with van der Waals surface area (Å²) in [4.78, 5) is 15.7. The van der Waals surface area contributed by atoms with Crippen molar-refractivity contribution in [3.8, 4) is 0 Å². The van der Waals surface area contributed by atoms with Gasteiger partial charge in [0.15, 0.2) is 0 Å². The molecule has 17 heavy (non-hydrogen) atoms. The van der Waals surface area contributed by atoms with E-state index in [0.717, 1.165) is 5.56 Å². The van der Waals surface area contributed by atoms with Gasteiger partial charge in [-0.15, -0.1) is 0 Å². The van der Waals surface area contributed by atoms with Crippen LogP contribution in [0.5, 0.6) is 0 Å². The molecule has 5 heteroatoms. The molecule has 1 aromatic rings. The van der Waals surface area contributed by atoms with E-state index in [1.54, 1.807) is 26.0 Å². The third-order valence-corrected chi connectivity index (χ3v) is 2.52. The summed E-state index contributed by atoms with van der Waals surface area (Å²) in [5.74, 6) is -0.926. The van der Waals surface area contributed by atoms with Crippen molar-refractivity contribution in [1.29, 1.82) is 0 Å². The number of benzene rings is 1. The first kappa shape index (κ1) is 13.5. The Morgan fingerprint density at radius 1 is 1.53 bits per heavy atom. The summed E-state index contributed by atoms with van der Waals surface area (Å²) < 4.78 is 0. The zero-order chi connectivity index (χ0) is 12.9. The Morgan fingerprint density at radius 3 is 2.76 bits per heavy atom. The van der Waals surface area contributed by atoms with Crippen LogP contribution in [0.2, 0.25) is 5.02 Å². The Labute approximate surface area is 105 Å². The van der Waals surface area contributed by atoms with Crippen LogP contribution in [-0.4, -0.2) is 23.9 Å². The monoisotopic (exact) mass is 255 g/mol. The van der Waals surface area contributed by atoms with Crippen molar-refractivity contribution in [3.05, 3.63) is 34.9 Å².